The van der Waals surface area contributed by atoms with E-state index in [2.05, 4.69) is 21.3 Å². The van der Waals surface area contributed by atoms with Crippen LogP contribution in [0.15, 0.2) is 129 Å². The van der Waals surface area contributed by atoms with Crippen LogP contribution in [0, 0.1) is 11.8 Å². The number of anilines is 4. The average Bonchev–Trinajstić information content (AvgIpc) is 3.26. The molecule has 66 heavy (non-hydrogen) atoms. The molecule has 0 aromatic heterocycles. The summed E-state index contributed by atoms with van der Waals surface area (Å²) < 4.78 is 53.3. The second-order valence-electron chi connectivity index (χ2n) is 14.5. The van der Waals surface area contributed by atoms with Crippen molar-refractivity contribution in [1.29, 1.82) is 0 Å². The Morgan fingerprint density at radius 1 is 0.409 bits per heavy atom. The molecule has 0 fully saturated rings. The number of carbonyl (C=O) groups is 8. The van der Waals surface area contributed by atoms with E-state index < -0.39 is 101 Å². The van der Waals surface area contributed by atoms with E-state index in [9.17, 15) is 65.4 Å². The number of sulfone groups is 2. The predicted molar refractivity (Wildman–Crippen MR) is 233 cm³/mol. The third-order valence-corrected chi connectivity index (χ3v) is 13.2. The van der Waals surface area contributed by atoms with Gasteiger partial charge in [-0.15, -0.1) is 0 Å². The molecule has 2 unspecified atom stereocenters. The fourth-order valence-corrected chi connectivity index (χ4v) is 8.54. The number of nitrogens with one attached hydrogen (secondary N) is 4. The molecule has 2 atom stereocenters. The van der Waals surface area contributed by atoms with E-state index in [-0.39, 0.29) is 55.2 Å². The Balaban J connectivity index is 1.30. The SMILES string of the molecule is CC(CC(=O)Nc1ccc(S(=O)(=O)c2ccc(NC(=O)c3cc(C(=O)Nc4ccc(S(=O)(=O)c5ccc(NC(=O)CC(C)C(=O)O)cc5)cc4)c(C(=O)O)cc3C(=O)O)cc2)cc1)C(=O)O. The van der Waals surface area contributed by atoms with Gasteiger partial charge in [0.05, 0.1) is 53.7 Å². The molecule has 5 rings (SSSR count). The standard InChI is InChI=1S/C44H38N4O16S2/c1-23(41(53)54)19-37(49)45-25-3-11-29(12-4-25)65(61,62)31-15-7-27(8-16-31)47-39(51)33-21-34(36(44(59)60)22-35(33)43(57)58)40(52)48-28-9-17-32(18-10-28)66(63,64)30-13-5-26(6-14-30)46-38(50)20-24(2)42(55)56/h3-18,21-24H,19-20H2,1-2H3,(H,45,49)(H,46,50)(H,47,51)(H,48,52)(H,53,54)(H,55,56)(H,57,58)(H,59,60). The Morgan fingerprint density at radius 2 is 0.652 bits per heavy atom. The quantitative estimate of drug-likeness (QED) is 0.0549. The predicted octanol–water partition coefficient (Wildman–Crippen LogP) is 5.35. The molecule has 5 aromatic carbocycles. The third-order valence-electron chi connectivity index (χ3n) is 9.68. The molecule has 20 nitrogen and oxygen atoms in total. The number of aliphatic carboxylic acids is 2. The summed E-state index contributed by atoms with van der Waals surface area (Å²) in [5.41, 5.74) is -2.52. The fourth-order valence-electron chi connectivity index (χ4n) is 6.02. The topological polar surface area (TPSA) is 334 Å². The van der Waals surface area contributed by atoms with Gasteiger partial charge in [0.25, 0.3) is 11.8 Å². The number of rotatable bonds is 18. The van der Waals surface area contributed by atoms with Gasteiger partial charge in [-0.3, -0.25) is 28.8 Å². The van der Waals surface area contributed by atoms with Crippen molar-refractivity contribution in [3.05, 3.63) is 131 Å². The van der Waals surface area contributed by atoms with Crippen LogP contribution in [-0.4, -0.2) is 84.8 Å². The van der Waals surface area contributed by atoms with Crippen molar-refractivity contribution in [1.82, 2.24) is 0 Å². The van der Waals surface area contributed by atoms with Crippen LogP contribution in [0.3, 0.4) is 0 Å². The summed E-state index contributed by atoms with van der Waals surface area (Å²) in [6.07, 6.45) is -0.610. The van der Waals surface area contributed by atoms with Crippen LogP contribution < -0.4 is 21.3 Å². The molecule has 4 amide bonds. The number of carboxylic acid groups (broad SMARTS) is 4. The first-order chi connectivity index (χ1) is 31.0. The van der Waals surface area contributed by atoms with Gasteiger partial charge >= 0.3 is 23.9 Å². The lowest BCUT2D eigenvalue weighted by Gasteiger charge is -2.14. The average molecular weight is 943 g/mol. The number of carboxylic acids is 4. The number of hydrogen-bond acceptors (Lipinski definition) is 12. The highest BCUT2D eigenvalue weighted by molar-refractivity contribution is 7.91. The summed E-state index contributed by atoms with van der Waals surface area (Å²) >= 11 is 0. The van der Waals surface area contributed by atoms with Crippen LogP contribution in [0.1, 0.15) is 68.1 Å². The van der Waals surface area contributed by atoms with Crippen LogP contribution in [0.2, 0.25) is 0 Å². The Morgan fingerprint density at radius 3 is 0.894 bits per heavy atom. The number of carbonyl (C=O) groups excluding carboxylic acids is 4. The summed E-state index contributed by atoms with van der Waals surface area (Å²) in [5, 5.41) is 47.6. The smallest absolute Gasteiger partial charge is 0.336 e. The van der Waals surface area contributed by atoms with Crippen molar-refractivity contribution < 1.29 is 75.6 Å². The van der Waals surface area contributed by atoms with E-state index >= 15 is 0 Å². The lowest BCUT2D eigenvalue weighted by Crippen LogP contribution is -2.22. The van der Waals surface area contributed by atoms with Gasteiger partial charge in [-0.25, -0.2) is 26.4 Å². The summed E-state index contributed by atoms with van der Waals surface area (Å²) in [6, 6.07) is 20.8. The molecule has 0 bridgehead atoms. The van der Waals surface area contributed by atoms with Crippen molar-refractivity contribution in [2.45, 2.75) is 46.3 Å². The highest BCUT2D eigenvalue weighted by Gasteiger charge is 2.27. The van der Waals surface area contributed by atoms with Crippen molar-refractivity contribution in [3.8, 4) is 0 Å². The van der Waals surface area contributed by atoms with Gasteiger partial charge in [0.2, 0.25) is 31.5 Å². The van der Waals surface area contributed by atoms with Crippen LogP contribution in [0.4, 0.5) is 22.7 Å². The number of hydrogen-bond donors (Lipinski definition) is 8. The normalized spacial score (nSPS) is 12.2. The molecule has 0 saturated heterocycles. The zero-order valence-electron chi connectivity index (χ0n) is 34.5. The second-order valence-corrected chi connectivity index (χ2v) is 18.4. The summed E-state index contributed by atoms with van der Waals surface area (Å²) in [6.45, 7) is 2.72. The Hall–Kier alpha value is -8.24. The van der Waals surface area contributed by atoms with Crippen LogP contribution >= 0.6 is 0 Å². The van der Waals surface area contributed by atoms with E-state index in [0.717, 1.165) is 30.3 Å². The molecular formula is C44H38N4O16S2. The van der Waals surface area contributed by atoms with Gasteiger partial charge in [0, 0.05) is 35.6 Å². The van der Waals surface area contributed by atoms with E-state index in [4.69, 9.17) is 10.2 Å². The molecule has 0 spiro atoms. The Kier molecular flexibility index (Phi) is 14.8. The second kappa shape index (κ2) is 20.1. The maximum Gasteiger partial charge on any atom is 0.336 e. The van der Waals surface area contributed by atoms with Crippen LogP contribution in [-0.2, 0) is 38.9 Å². The maximum atomic E-state index is 13.5. The molecule has 8 N–H and O–H groups in total. The van der Waals surface area contributed by atoms with Crippen molar-refractivity contribution in [3.63, 3.8) is 0 Å². The van der Waals surface area contributed by atoms with E-state index in [1.165, 1.54) is 86.6 Å². The minimum atomic E-state index is -4.15. The van der Waals surface area contributed by atoms with Crippen LogP contribution in [0.5, 0.6) is 0 Å². The Labute approximate surface area is 375 Å². The van der Waals surface area contributed by atoms with E-state index in [0.29, 0.717) is 6.07 Å². The molecule has 22 heteroatoms. The van der Waals surface area contributed by atoms with Gasteiger partial charge in [-0.1, -0.05) is 13.8 Å². The van der Waals surface area contributed by atoms with Crippen molar-refractivity contribution >= 4 is 89.9 Å². The van der Waals surface area contributed by atoms with E-state index in [1.54, 1.807) is 0 Å². The first kappa shape index (κ1) is 48.8. The fraction of sp³-hybridized carbons (Fsp3) is 0.136. The first-order valence-electron chi connectivity index (χ1n) is 19.2. The number of amides is 4. The molecular weight excluding hydrogens is 905 g/mol. The molecule has 0 aliphatic heterocycles. The molecule has 0 aliphatic carbocycles. The van der Waals surface area contributed by atoms with Crippen LogP contribution in [0.25, 0.3) is 0 Å². The molecule has 0 saturated carbocycles. The first-order valence-corrected chi connectivity index (χ1v) is 22.2. The van der Waals surface area contributed by atoms with Crippen molar-refractivity contribution in [2.75, 3.05) is 21.3 Å². The molecule has 342 valence electrons. The van der Waals surface area contributed by atoms with Crippen molar-refractivity contribution in [2.24, 2.45) is 11.8 Å². The van der Waals surface area contributed by atoms with E-state index in [1.807, 2.05) is 0 Å². The van der Waals surface area contributed by atoms with Gasteiger partial charge in [-0.05, 0) is 109 Å². The van der Waals surface area contributed by atoms with Gasteiger partial charge in [0.15, 0.2) is 0 Å². The highest BCUT2D eigenvalue weighted by Crippen LogP contribution is 2.28. The maximum absolute atomic E-state index is 13.5. The molecule has 0 aliphatic rings. The Bertz CT molecular complexity index is 2790. The minimum absolute atomic E-state index is 0.0300. The largest absolute Gasteiger partial charge is 0.481 e. The van der Waals surface area contributed by atoms with Gasteiger partial charge in [-0.2, -0.15) is 0 Å². The van der Waals surface area contributed by atoms with Gasteiger partial charge < -0.3 is 41.7 Å². The number of benzene rings is 5. The van der Waals surface area contributed by atoms with Gasteiger partial charge in [0.1, 0.15) is 0 Å². The zero-order chi connectivity index (χ0) is 48.7. The highest BCUT2D eigenvalue weighted by atomic mass is 32.2. The summed E-state index contributed by atoms with van der Waals surface area (Å²) in [7, 11) is -8.30. The lowest BCUT2D eigenvalue weighted by molar-refractivity contribution is -0.143. The molecule has 0 heterocycles. The summed E-state index contributed by atoms with van der Waals surface area (Å²) in [5.74, 6) is -11.1. The minimum Gasteiger partial charge on any atom is -0.481 e. The summed E-state index contributed by atoms with van der Waals surface area (Å²) in [4.78, 5) is 97.0. The number of aromatic carboxylic acids is 2. The lowest BCUT2D eigenvalue weighted by atomic mass is 9.96. The third kappa shape index (κ3) is 11.7. The zero-order valence-corrected chi connectivity index (χ0v) is 36.1. The molecule has 0 radical (unpaired) electrons. The molecule has 5 aromatic rings. The monoisotopic (exact) mass is 942 g/mol.